The zero-order valence-electron chi connectivity index (χ0n) is 15.4. The van der Waals surface area contributed by atoms with Crippen LogP contribution in [0.1, 0.15) is 17.2 Å². The summed E-state index contributed by atoms with van der Waals surface area (Å²) in [5, 5.41) is 10.9. The van der Waals surface area contributed by atoms with Crippen LogP contribution in [0.25, 0.3) is 5.76 Å². The molecular formula is C23H14BrF2NO3. The molecule has 0 spiro atoms. The Morgan fingerprint density at radius 3 is 2.20 bits per heavy atom. The van der Waals surface area contributed by atoms with Gasteiger partial charge in [-0.25, -0.2) is 8.78 Å². The molecule has 4 rings (SSSR count). The Bertz CT molecular complexity index is 1170. The third-order valence-corrected chi connectivity index (χ3v) is 5.36. The Morgan fingerprint density at radius 1 is 0.900 bits per heavy atom. The van der Waals surface area contributed by atoms with Crippen molar-refractivity contribution in [2.24, 2.45) is 0 Å². The quantitative estimate of drug-likeness (QED) is 0.319. The summed E-state index contributed by atoms with van der Waals surface area (Å²) in [6, 6.07) is 15.9. The van der Waals surface area contributed by atoms with Crippen molar-refractivity contribution < 1.29 is 23.5 Å². The number of benzene rings is 3. The van der Waals surface area contributed by atoms with Crippen molar-refractivity contribution in [3.8, 4) is 0 Å². The fourth-order valence-electron chi connectivity index (χ4n) is 3.46. The van der Waals surface area contributed by atoms with Gasteiger partial charge in [0, 0.05) is 15.7 Å². The number of carbonyl (C=O) groups excluding carboxylic acids is 2. The van der Waals surface area contributed by atoms with Gasteiger partial charge >= 0.3 is 0 Å². The van der Waals surface area contributed by atoms with Gasteiger partial charge in [-0.05, 0) is 54.1 Å². The average Bonchev–Trinajstić information content (AvgIpc) is 3.00. The summed E-state index contributed by atoms with van der Waals surface area (Å²) in [6.45, 7) is 0. The van der Waals surface area contributed by atoms with E-state index in [-0.39, 0.29) is 17.0 Å². The fourth-order valence-corrected chi connectivity index (χ4v) is 3.72. The number of aliphatic hydroxyl groups is 1. The predicted molar refractivity (Wildman–Crippen MR) is 112 cm³/mol. The van der Waals surface area contributed by atoms with E-state index in [0.717, 1.165) is 21.5 Å². The van der Waals surface area contributed by atoms with Crippen LogP contribution in [0.2, 0.25) is 0 Å². The molecule has 150 valence electrons. The first-order valence-electron chi connectivity index (χ1n) is 8.95. The smallest absolute Gasteiger partial charge is 0.300 e. The molecule has 0 bridgehead atoms. The second kappa shape index (κ2) is 7.84. The van der Waals surface area contributed by atoms with Crippen molar-refractivity contribution in [3.05, 3.63) is 106 Å². The number of hydrogen-bond donors (Lipinski definition) is 1. The monoisotopic (exact) mass is 469 g/mol. The van der Waals surface area contributed by atoms with Crippen LogP contribution in [-0.4, -0.2) is 16.8 Å². The van der Waals surface area contributed by atoms with Crippen LogP contribution in [0.4, 0.5) is 14.5 Å². The zero-order valence-corrected chi connectivity index (χ0v) is 16.9. The standard InChI is InChI=1S/C23H14BrF2NO3/c24-15-6-4-13(5-7-15)21(28)19-20(14-2-1-3-17(26)12-14)27(23(30)22(19)29)18-10-8-16(25)9-11-18/h1-12,20,28H. The molecule has 1 saturated heterocycles. The number of carbonyl (C=O) groups is 2. The molecule has 4 nitrogen and oxygen atoms in total. The van der Waals surface area contributed by atoms with Crippen LogP contribution in [-0.2, 0) is 9.59 Å². The first kappa shape index (κ1) is 20.0. The maximum Gasteiger partial charge on any atom is 0.300 e. The topological polar surface area (TPSA) is 57.6 Å². The molecule has 0 aliphatic carbocycles. The van der Waals surface area contributed by atoms with Gasteiger partial charge in [0.25, 0.3) is 11.7 Å². The van der Waals surface area contributed by atoms with Gasteiger partial charge in [-0.1, -0.05) is 40.2 Å². The van der Waals surface area contributed by atoms with Crippen LogP contribution in [0.5, 0.6) is 0 Å². The summed E-state index contributed by atoms with van der Waals surface area (Å²) >= 11 is 3.30. The minimum Gasteiger partial charge on any atom is -0.507 e. The normalized spacial score (nSPS) is 18.1. The molecule has 1 aliphatic rings. The molecule has 0 aromatic heterocycles. The van der Waals surface area contributed by atoms with Crippen molar-refractivity contribution >= 4 is 39.1 Å². The van der Waals surface area contributed by atoms with Crippen molar-refractivity contribution in [2.45, 2.75) is 6.04 Å². The molecule has 1 N–H and O–H groups in total. The highest BCUT2D eigenvalue weighted by atomic mass is 79.9. The largest absolute Gasteiger partial charge is 0.507 e. The molecule has 1 unspecified atom stereocenters. The maximum atomic E-state index is 14.0. The number of Topliss-reactive ketones (excluding diaryl/α,β-unsaturated/α-hetero) is 1. The van der Waals surface area contributed by atoms with Crippen LogP contribution in [0.15, 0.2) is 82.8 Å². The van der Waals surface area contributed by atoms with Crippen LogP contribution in [0, 0.1) is 11.6 Å². The highest BCUT2D eigenvalue weighted by Gasteiger charge is 2.47. The molecule has 7 heteroatoms. The van der Waals surface area contributed by atoms with E-state index in [1.807, 2.05) is 0 Å². The summed E-state index contributed by atoms with van der Waals surface area (Å²) in [7, 11) is 0. The highest BCUT2D eigenvalue weighted by Crippen LogP contribution is 2.42. The van der Waals surface area contributed by atoms with Gasteiger partial charge in [0.05, 0.1) is 11.6 Å². The molecular weight excluding hydrogens is 456 g/mol. The lowest BCUT2D eigenvalue weighted by Crippen LogP contribution is -2.29. The molecule has 0 saturated carbocycles. The molecule has 1 heterocycles. The molecule has 1 fully saturated rings. The van der Waals surface area contributed by atoms with Crippen molar-refractivity contribution in [1.29, 1.82) is 0 Å². The van der Waals surface area contributed by atoms with Gasteiger partial charge in [-0.3, -0.25) is 14.5 Å². The molecule has 0 radical (unpaired) electrons. The molecule has 3 aromatic rings. The zero-order chi connectivity index (χ0) is 21.4. The van der Waals surface area contributed by atoms with E-state index in [4.69, 9.17) is 0 Å². The number of rotatable bonds is 3. The minimum atomic E-state index is -1.07. The lowest BCUT2D eigenvalue weighted by Gasteiger charge is -2.25. The van der Waals surface area contributed by atoms with Gasteiger partial charge in [0.2, 0.25) is 0 Å². The van der Waals surface area contributed by atoms with E-state index < -0.39 is 29.4 Å². The molecule has 1 amide bonds. The Morgan fingerprint density at radius 2 is 1.57 bits per heavy atom. The maximum absolute atomic E-state index is 14.0. The Hall–Kier alpha value is -3.32. The van der Waals surface area contributed by atoms with Crippen molar-refractivity contribution in [2.75, 3.05) is 4.90 Å². The van der Waals surface area contributed by atoms with E-state index in [1.54, 1.807) is 30.3 Å². The van der Waals surface area contributed by atoms with E-state index in [1.165, 1.54) is 30.3 Å². The number of anilines is 1. The summed E-state index contributed by atoms with van der Waals surface area (Å²) < 4.78 is 28.1. The lowest BCUT2D eigenvalue weighted by molar-refractivity contribution is -0.132. The second-order valence-corrected chi connectivity index (χ2v) is 7.62. The Kier molecular flexibility index (Phi) is 5.22. The SMILES string of the molecule is O=C1C(=O)N(c2ccc(F)cc2)C(c2cccc(F)c2)C1=C(O)c1ccc(Br)cc1. The third-order valence-electron chi connectivity index (χ3n) is 4.83. The molecule has 3 aromatic carbocycles. The Labute approximate surface area is 179 Å². The van der Waals surface area contributed by atoms with E-state index in [0.29, 0.717) is 11.1 Å². The number of amides is 1. The second-order valence-electron chi connectivity index (χ2n) is 6.71. The van der Waals surface area contributed by atoms with Gasteiger partial charge in [-0.15, -0.1) is 0 Å². The summed E-state index contributed by atoms with van der Waals surface area (Å²) in [6.07, 6.45) is 0. The van der Waals surface area contributed by atoms with Gasteiger partial charge < -0.3 is 5.11 Å². The first-order chi connectivity index (χ1) is 14.4. The Balaban J connectivity index is 1.95. The predicted octanol–water partition coefficient (Wildman–Crippen LogP) is 5.35. The summed E-state index contributed by atoms with van der Waals surface area (Å²) in [4.78, 5) is 27.0. The van der Waals surface area contributed by atoms with E-state index >= 15 is 0 Å². The van der Waals surface area contributed by atoms with E-state index in [2.05, 4.69) is 15.9 Å². The van der Waals surface area contributed by atoms with Gasteiger partial charge in [0.15, 0.2) is 0 Å². The van der Waals surface area contributed by atoms with E-state index in [9.17, 15) is 23.5 Å². The number of halogens is 3. The average molecular weight is 470 g/mol. The highest BCUT2D eigenvalue weighted by molar-refractivity contribution is 9.10. The van der Waals surface area contributed by atoms with Gasteiger partial charge in [0.1, 0.15) is 17.4 Å². The summed E-state index contributed by atoms with van der Waals surface area (Å²) in [5.41, 5.74) is 0.716. The van der Waals surface area contributed by atoms with Crippen LogP contribution < -0.4 is 4.90 Å². The summed E-state index contributed by atoms with van der Waals surface area (Å²) in [5.74, 6) is -3.24. The molecule has 30 heavy (non-hydrogen) atoms. The number of nitrogens with zero attached hydrogens (tertiary/aromatic N) is 1. The van der Waals surface area contributed by atoms with Crippen molar-refractivity contribution in [1.82, 2.24) is 0 Å². The van der Waals surface area contributed by atoms with Crippen molar-refractivity contribution in [3.63, 3.8) is 0 Å². The number of hydrogen-bond acceptors (Lipinski definition) is 3. The van der Waals surface area contributed by atoms with Crippen LogP contribution >= 0.6 is 15.9 Å². The van der Waals surface area contributed by atoms with Crippen LogP contribution in [0.3, 0.4) is 0 Å². The third kappa shape index (κ3) is 3.52. The molecule has 1 aliphatic heterocycles. The minimum absolute atomic E-state index is 0.169. The fraction of sp³-hybridized carbons (Fsp3) is 0.0435. The molecule has 1 atom stereocenters. The lowest BCUT2D eigenvalue weighted by atomic mass is 9.95. The number of aliphatic hydroxyl groups excluding tert-OH is 1. The first-order valence-corrected chi connectivity index (χ1v) is 9.74. The number of ketones is 1. The van der Waals surface area contributed by atoms with Gasteiger partial charge in [-0.2, -0.15) is 0 Å².